The lowest BCUT2D eigenvalue weighted by Gasteiger charge is -2.40. The fourth-order valence-electron chi connectivity index (χ4n) is 10.0. The van der Waals surface area contributed by atoms with Crippen LogP contribution in [0.4, 0.5) is 0 Å². The molecule has 1 aliphatic heterocycles. The summed E-state index contributed by atoms with van der Waals surface area (Å²) in [6, 6.07) is -0.799. The maximum absolute atomic E-state index is 13.0. The van der Waals surface area contributed by atoms with Gasteiger partial charge in [-0.05, 0) is 19.3 Å². The van der Waals surface area contributed by atoms with Crippen LogP contribution in [0.1, 0.15) is 309 Å². The van der Waals surface area contributed by atoms with Gasteiger partial charge in [-0.2, -0.15) is 0 Å². The second-order valence-electron chi connectivity index (χ2n) is 21.5. The molecule has 6 N–H and O–H groups in total. The van der Waals surface area contributed by atoms with Crippen LogP contribution in [0.5, 0.6) is 0 Å². The summed E-state index contributed by atoms with van der Waals surface area (Å²) in [5, 5.41) is 54.4. The van der Waals surface area contributed by atoms with Gasteiger partial charge < -0.3 is 40.3 Å². The highest BCUT2D eigenvalue weighted by Gasteiger charge is 2.44. The molecule has 0 spiro atoms. The number of hydrogen-bond donors (Lipinski definition) is 6. The molecule has 1 amide bonds. The highest BCUT2D eigenvalue weighted by Crippen LogP contribution is 2.23. The van der Waals surface area contributed by atoms with Crippen LogP contribution >= 0.6 is 0 Å². The van der Waals surface area contributed by atoms with Crippen molar-refractivity contribution < 1.29 is 39.8 Å². The molecule has 7 unspecified atom stereocenters. The minimum atomic E-state index is -1.56. The van der Waals surface area contributed by atoms with Crippen molar-refractivity contribution in [3.05, 3.63) is 12.2 Å². The third-order valence-corrected chi connectivity index (χ3v) is 14.9. The second kappa shape index (κ2) is 50.5. The molecule has 9 heteroatoms. The molecule has 1 fully saturated rings. The number of nitrogens with one attached hydrogen (secondary N) is 1. The van der Waals surface area contributed by atoms with Gasteiger partial charge in [0.05, 0.1) is 25.4 Å². The molecule has 0 saturated carbocycles. The summed E-state index contributed by atoms with van der Waals surface area (Å²) in [6.07, 6.45) is 56.0. The molecule has 1 heterocycles. The van der Waals surface area contributed by atoms with E-state index in [0.29, 0.717) is 6.42 Å². The van der Waals surface area contributed by atoms with E-state index in [1.165, 1.54) is 250 Å². The van der Waals surface area contributed by atoms with E-state index >= 15 is 0 Å². The molecule has 1 saturated heterocycles. The molecule has 0 bridgehead atoms. The minimum Gasteiger partial charge on any atom is -0.394 e. The predicted octanol–water partition coefficient (Wildman–Crippen LogP) is 15.2. The van der Waals surface area contributed by atoms with Crippen molar-refractivity contribution in [1.29, 1.82) is 0 Å². The molecule has 0 radical (unpaired) electrons. The van der Waals surface area contributed by atoms with Gasteiger partial charge in [0.1, 0.15) is 24.4 Å². The summed E-state index contributed by atoms with van der Waals surface area (Å²) < 4.78 is 11.2. The first-order valence-corrected chi connectivity index (χ1v) is 30.4. The van der Waals surface area contributed by atoms with Gasteiger partial charge in [0, 0.05) is 6.42 Å². The first-order chi connectivity index (χ1) is 33.8. The number of carbonyl (C=O) groups excluding carboxylic acids is 1. The fraction of sp³-hybridized carbons (Fsp3) is 0.950. The van der Waals surface area contributed by atoms with E-state index in [2.05, 4.69) is 19.2 Å². The van der Waals surface area contributed by atoms with Gasteiger partial charge in [-0.3, -0.25) is 4.79 Å². The van der Waals surface area contributed by atoms with E-state index in [4.69, 9.17) is 9.47 Å². The van der Waals surface area contributed by atoms with Crippen LogP contribution in [-0.2, 0) is 14.3 Å². The Labute approximate surface area is 426 Å². The van der Waals surface area contributed by atoms with Crippen molar-refractivity contribution in [2.75, 3.05) is 13.2 Å². The van der Waals surface area contributed by atoms with Crippen LogP contribution in [0.2, 0.25) is 0 Å². The zero-order valence-corrected chi connectivity index (χ0v) is 45.6. The average Bonchev–Trinajstić information content (AvgIpc) is 3.35. The lowest BCUT2D eigenvalue weighted by Crippen LogP contribution is -2.60. The van der Waals surface area contributed by atoms with E-state index in [1.54, 1.807) is 6.08 Å². The predicted molar refractivity (Wildman–Crippen MR) is 291 cm³/mol. The molecule has 0 aromatic heterocycles. The monoisotopic (exact) mass is 980 g/mol. The van der Waals surface area contributed by atoms with Crippen LogP contribution in [0.15, 0.2) is 12.2 Å². The molecule has 0 aliphatic carbocycles. The first kappa shape index (κ1) is 65.9. The Bertz CT molecular complexity index is 1090. The molecule has 0 aromatic rings. The number of carbonyl (C=O) groups is 1. The van der Waals surface area contributed by atoms with Gasteiger partial charge in [-0.25, -0.2) is 0 Å². The molecule has 1 aliphatic rings. The largest absolute Gasteiger partial charge is 0.394 e. The summed E-state index contributed by atoms with van der Waals surface area (Å²) in [6.45, 7) is 3.80. The van der Waals surface area contributed by atoms with Crippen LogP contribution in [0.25, 0.3) is 0 Å². The van der Waals surface area contributed by atoms with Crippen LogP contribution < -0.4 is 5.32 Å². The van der Waals surface area contributed by atoms with E-state index in [9.17, 15) is 30.3 Å². The lowest BCUT2D eigenvalue weighted by molar-refractivity contribution is -0.302. The molecule has 9 nitrogen and oxygen atoms in total. The highest BCUT2D eigenvalue weighted by molar-refractivity contribution is 5.76. The zero-order chi connectivity index (χ0) is 50.1. The number of ether oxygens (including phenoxy) is 2. The van der Waals surface area contributed by atoms with Gasteiger partial charge in [-0.15, -0.1) is 0 Å². The van der Waals surface area contributed by atoms with Crippen molar-refractivity contribution in [3.63, 3.8) is 0 Å². The van der Waals surface area contributed by atoms with Gasteiger partial charge in [-0.1, -0.05) is 296 Å². The van der Waals surface area contributed by atoms with E-state index < -0.39 is 49.5 Å². The Kier molecular flexibility index (Phi) is 48.2. The Morgan fingerprint density at radius 1 is 0.478 bits per heavy atom. The van der Waals surface area contributed by atoms with Crippen molar-refractivity contribution >= 4 is 5.91 Å². The summed E-state index contributed by atoms with van der Waals surface area (Å²) in [4.78, 5) is 13.0. The van der Waals surface area contributed by atoms with Gasteiger partial charge in [0.15, 0.2) is 6.29 Å². The number of aliphatic hydroxyl groups excluding tert-OH is 5. The third kappa shape index (κ3) is 40.1. The van der Waals surface area contributed by atoms with Crippen LogP contribution in [-0.4, -0.2) is 87.5 Å². The number of amides is 1. The normalized spacial score (nSPS) is 19.4. The van der Waals surface area contributed by atoms with Gasteiger partial charge >= 0.3 is 0 Å². The van der Waals surface area contributed by atoms with Crippen molar-refractivity contribution in [3.8, 4) is 0 Å². The standard InChI is InChI=1S/C60H117NO8/c1-3-5-7-9-11-13-15-17-18-19-20-21-22-23-24-25-26-27-28-29-30-31-32-33-34-35-36-37-38-40-42-44-46-48-50-56(64)61-53(52-68-60-59(67)58(66)57(65)55(51-62)69-60)54(63)49-47-45-43-41-39-16-14-12-10-8-6-4-2/h47,49,53-55,57-60,62-63,65-67H,3-46,48,50-52H2,1-2H3,(H,61,64)/b49-47+. The van der Waals surface area contributed by atoms with Crippen LogP contribution in [0, 0.1) is 0 Å². The maximum atomic E-state index is 13.0. The lowest BCUT2D eigenvalue weighted by atomic mass is 9.99. The molecular formula is C60H117NO8. The molecule has 7 atom stereocenters. The summed E-state index contributed by atoms with van der Waals surface area (Å²) in [5.41, 5.74) is 0. The van der Waals surface area contributed by atoms with Crippen LogP contribution in [0.3, 0.4) is 0 Å². The third-order valence-electron chi connectivity index (χ3n) is 14.9. The molecule has 0 aromatic carbocycles. The average molecular weight is 981 g/mol. The molecular weight excluding hydrogens is 863 g/mol. The molecule has 69 heavy (non-hydrogen) atoms. The Hall–Kier alpha value is -1.07. The Balaban J connectivity index is 2.05. The quantitative estimate of drug-likeness (QED) is 0.0261. The van der Waals surface area contributed by atoms with Crippen molar-refractivity contribution in [1.82, 2.24) is 5.32 Å². The van der Waals surface area contributed by atoms with Gasteiger partial charge in [0.25, 0.3) is 0 Å². The zero-order valence-electron chi connectivity index (χ0n) is 45.6. The smallest absolute Gasteiger partial charge is 0.220 e. The second-order valence-corrected chi connectivity index (χ2v) is 21.5. The maximum Gasteiger partial charge on any atom is 0.220 e. The SMILES string of the molecule is CCCCCCCCCCCC/C=C/C(O)C(COC1OC(CO)C(O)C(O)C1O)NC(=O)CCCCCCCCCCCCCCCCCCCCCCCCCCCCCCCCCCCC. The minimum absolute atomic E-state index is 0.171. The van der Waals surface area contributed by atoms with E-state index in [0.717, 1.165) is 38.5 Å². The number of allylic oxidation sites excluding steroid dienone is 1. The fourth-order valence-corrected chi connectivity index (χ4v) is 10.0. The van der Waals surface area contributed by atoms with E-state index in [-0.39, 0.29) is 12.5 Å². The summed E-state index contributed by atoms with van der Waals surface area (Å²) in [7, 11) is 0. The summed E-state index contributed by atoms with van der Waals surface area (Å²) in [5.74, 6) is -0.171. The number of hydrogen-bond acceptors (Lipinski definition) is 8. The topological polar surface area (TPSA) is 149 Å². The molecule has 410 valence electrons. The van der Waals surface area contributed by atoms with E-state index in [1.807, 2.05) is 6.08 Å². The highest BCUT2D eigenvalue weighted by atomic mass is 16.7. The van der Waals surface area contributed by atoms with Crippen molar-refractivity contribution in [2.24, 2.45) is 0 Å². The Morgan fingerprint density at radius 3 is 1.13 bits per heavy atom. The summed E-state index contributed by atoms with van der Waals surface area (Å²) >= 11 is 0. The number of rotatable bonds is 53. The number of unbranched alkanes of at least 4 members (excludes halogenated alkanes) is 43. The van der Waals surface area contributed by atoms with Crippen molar-refractivity contribution in [2.45, 2.75) is 352 Å². The Morgan fingerprint density at radius 2 is 0.797 bits per heavy atom. The first-order valence-electron chi connectivity index (χ1n) is 30.4. The molecule has 1 rings (SSSR count). The van der Waals surface area contributed by atoms with Gasteiger partial charge in [0.2, 0.25) is 5.91 Å². The number of aliphatic hydroxyl groups is 5.